The average Bonchev–Trinajstić information content (AvgIpc) is 2.89. The Hall–Kier alpha value is -2.94. The van der Waals surface area contributed by atoms with Crippen LogP contribution in [0.2, 0.25) is 0 Å². The van der Waals surface area contributed by atoms with E-state index in [1.165, 1.54) is 49.7 Å². The molecule has 3 aromatic rings. The van der Waals surface area contributed by atoms with Gasteiger partial charge in [0.05, 0.1) is 13.2 Å². The van der Waals surface area contributed by atoms with Crippen LogP contribution in [-0.4, -0.2) is 18.3 Å². The van der Waals surface area contributed by atoms with E-state index in [9.17, 15) is 5.11 Å². The van der Waals surface area contributed by atoms with Gasteiger partial charge in [-0.3, -0.25) is 0 Å². The zero-order valence-electron chi connectivity index (χ0n) is 21.8. The minimum Gasteiger partial charge on any atom is -0.508 e. The summed E-state index contributed by atoms with van der Waals surface area (Å²) in [5.74, 6) is 2.09. The third-order valence-corrected chi connectivity index (χ3v) is 6.84. The van der Waals surface area contributed by atoms with Crippen LogP contribution in [0.4, 0.5) is 0 Å². The summed E-state index contributed by atoms with van der Waals surface area (Å²) in [6.07, 6.45) is 9.60. The van der Waals surface area contributed by atoms with Crippen molar-refractivity contribution < 1.29 is 14.6 Å². The standard InChI is InChI=1S/C32H42O3/c1-4-6-8-10-24-34-30-20-14-27(15-21-30)32(3,26-12-18-29(33)19-13-26)28-16-22-31(23-17-28)35-25-11-9-7-5-2/h12-23,33H,4-11,24-25H2,1-3H3. The molecule has 35 heavy (non-hydrogen) atoms. The van der Waals surface area contributed by atoms with Gasteiger partial charge in [0.2, 0.25) is 0 Å². The third-order valence-electron chi connectivity index (χ3n) is 6.84. The van der Waals surface area contributed by atoms with Crippen LogP contribution in [0, 0.1) is 0 Å². The molecule has 0 heterocycles. The van der Waals surface area contributed by atoms with Crippen molar-refractivity contribution in [1.29, 1.82) is 0 Å². The van der Waals surface area contributed by atoms with E-state index in [0.29, 0.717) is 0 Å². The van der Waals surface area contributed by atoms with Gasteiger partial charge in [-0.15, -0.1) is 0 Å². The van der Waals surface area contributed by atoms with Crippen LogP contribution in [0.3, 0.4) is 0 Å². The van der Waals surface area contributed by atoms with E-state index in [0.717, 1.165) is 43.1 Å². The molecule has 0 aliphatic heterocycles. The SMILES string of the molecule is CCCCCCOc1ccc(C(C)(c2ccc(O)cc2)c2ccc(OCCCCCC)cc2)cc1. The first kappa shape index (κ1) is 26.7. The molecule has 0 bridgehead atoms. The molecule has 0 amide bonds. The Morgan fingerprint density at radius 1 is 0.543 bits per heavy atom. The number of ether oxygens (including phenoxy) is 2. The van der Waals surface area contributed by atoms with Gasteiger partial charge in [0.25, 0.3) is 0 Å². The number of aromatic hydroxyl groups is 1. The van der Waals surface area contributed by atoms with Crippen molar-refractivity contribution in [1.82, 2.24) is 0 Å². The van der Waals surface area contributed by atoms with E-state index in [2.05, 4.69) is 69.3 Å². The number of benzene rings is 3. The van der Waals surface area contributed by atoms with Gasteiger partial charge in [-0.2, -0.15) is 0 Å². The molecule has 3 heteroatoms. The van der Waals surface area contributed by atoms with E-state index in [-0.39, 0.29) is 11.2 Å². The molecule has 0 unspecified atom stereocenters. The maximum Gasteiger partial charge on any atom is 0.119 e. The highest BCUT2D eigenvalue weighted by Crippen LogP contribution is 2.40. The molecule has 0 aromatic heterocycles. The van der Waals surface area contributed by atoms with Crippen molar-refractivity contribution in [3.63, 3.8) is 0 Å². The predicted octanol–water partition coefficient (Wildman–Crippen LogP) is 8.66. The average molecular weight is 475 g/mol. The first-order valence-corrected chi connectivity index (χ1v) is 13.3. The van der Waals surface area contributed by atoms with Gasteiger partial charge in [0, 0.05) is 5.41 Å². The summed E-state index contributed by atoms with van der Waals surface area (Å²) in [5, 5.41) is 9.88. The molecule has 1 N–H and O–H groups in total. The number of hydrogen-bond acceptors (Lipinski definition) is 3. The molecular weight excluding hydrogens is 432 g/mol. The lowest BCUT2D eigenvalue weighted by atomic mass is 9.71. The smallest absolute Gasteiger partial charge is 0.119 e. The molecule has 3 aromatic carbocycles. The molecule has 0 spiro atoms. The van der Waals surface area contributed by atoms with Crippen molar-refractivity contribution in [3.05, 3.63) is 89.5 Å². The Morgan fingerprint density at radius 2 is 0.914 bits per heavy atom. The lowest BCUT2D eigenvalue weighted by molar-refractivity contribution is 0.305. The van der Waals surface area contributed by atoms with Crippen molar-refractivity contribution >= 4 is 0 Å². The summed E-state index contributed by atoms with van der Waals surface area (Å²) >= 11 is 0. The summed E-state index contributed by atoms with van der Waals surface area (Å²) in [5.41, 5.74) is 3.09. The zero-order valence-corrected chi connectivity index (χ0v) is 21.8. The highest BCUT2D eigenvalue weighted by atomic mass is 16.5. The number of unbranched alkanes of at least 4 members (excludes halogenated alkanes) is 6. The Bertz CT molecular complexity index is 917. The monoisotopic (exact) mass is 474 g/mol. The molecule has 0 aliphatic carbocycles. The van der Waals surface area contributed by atoms with Crippen LogP contribution in [0.1, 0.15) is 88.8 Å². The van der Waals surface area contributed by atoms with E-state index in [1.54, 1.807) is 12.1 Å². The second kappa shape index (κ2) is 13.8. The van der Waals surface area contributed by atoms with Crippen LogP contribution < -0.4 is 9.47 Å². The second-order valence-corrected chi connectivity index (χ2v) is 9.54. The van der Waals surface area contributed by atoms with Gasteiger partial charge in [0.1, 0.15) is 17.2 Å². The Balaban J connectivity index is 1.78. The van der Waals surface area contributed by atoms with Gasteiger partial charge >= 0.3 is 0 Å². The summed E-state index contributed by atoms with van der Waals surface area (Å²) in [6.45, 7) is 8.20. The predicted molar refractivity (Wildman–Crippen MR) is 146 cm³/mol. The van der Waals surface area contributed by atoms with Crippen LogP contribution in [0.5, 0.6) is 17.2 Å². The summed E-state index contributed by atoms with van der Waals surface area (Å²) in [6, 6.07) is 24.4. The number of phenolic OH excluding ortho intramolecular Hbond substituents is 1. The number of hydrogen-bond donors (Lipinski definition) is 1. The fourth-order valence-corrected chi connectivity index (χ4v) is 4.50. The first-order chi connectivity index (χ1) is 17.1. The zero-order chi connectivity index (χ0) is 24.9. The molecular formula is C32H42O3. The van der Waals surface area contributed by atoms with Gasteiger partial charge in [0.15, 0.2) is 0 Å². The number of rotatable bonds is 15. The van der Waals surface area contributed by atoms with Gasteiger partial charge < -0.3 is 14.6 Å². The summed E-state index contributed by atoms with van der Waals surface area (Å²) in [7, 11) is 0. The lowest BCUT2D eigenvalue weighted by Crippen LogP contribution is -2.25. The Labute approximate surface area is 212 Å². The van der Waals surface area contributed by atoms with Crippen LogP contribution >= 0.6 is 0 Å². The Kier molecular flexibility index (Phi) is 10.5. The largest absolute Gasteiger partial charge is 0.508 e. The maximum absolute atomic E-state index is 9.88. The third kappa shape index (κ3) is 7.52. The van der Waals surface area contributed by atoms with Crippen LogP contribution in [0.25, 0.3) is 0 Å². The maximum atomic E-state index is 9.88. The topological polar surface area (TPSA) is 38.7 Å². The van der Waals surface area contributed by atoms with Crippen molar-refractivity contribution in [3.8, 4) is 17.2 Å². The Morgan fingerprint density at radius 3 is 1.29 bits per heavy atom. The molecule has 188 valence electrons. The van der Waals surface area contributed by atoms with E-state index < -0.39 is 0 Å². The highest BCUT2D eigenvalue weighted by molar-refractivity contribution is 5.52. The van der Waals surface area contributed by atoms with Gasteiger partial charge in [-0.1, -0.05) is 88.8 Å². The van der Waals surface area contributed by atoms with Crippen molar-refractivity contribution in [2.24, 2.45) is 0 Å². The normalized spacial score (nSPS) is 11.4. The minimum absolute atomic E-state index is 0.273. The molecule has 0 atom stereocenters. The van der Waals surface area contributed by atoms with Crippen LogP contribution in [0.15, 0.2) is 72.8 Å². The molecule has 0 aliphatic rings. The fraction of sp³-hybridized carbons (Fsp3) is 0.438. The van der Waals surface area contributed by atoms with Crippen molar-refractivity contribution in [2.75, 3.05) is 13.2 Å². The quantitative estimate of drug-likeness (QED) is 0.177. The highest BCUT2D eigenvalue weighted by Gasteiger charge is 2.31. The number of phenols is 1. The van der Waals surface area contributed by atoms with Crippen LogP contribution in [-0.2, 0) is 5.41 Å². The van der Waals surface area contributed by atoms with Gasteiger partial charge in [-0.25, -0.2) is 0 Å². The first-order valence-electron chi connectivity index (χ1n) is 13.3. The van der Waals surface area contributed by atoms with E-state index in [1.807, 2.05) is 12.1 Å². The van der Waals surface area contributed by atoms with E-state index in [4.69, 9.17) is 9.47 Å². The fourth-order valence-electron chi connectivity index (χ4n) is 4.50. The van der Waals surface area contributed by atoms with Crippen molar-refractivity contribution in [2.45, 2.75) is 77.6 Å². The molecule has 0 radical (unpaired) electrons. The molecule has 3 rings (SSSR count). The minimum atomic E-state index is -0.382. The summed E-state index contributed by atoms with van der Waals surface area (Å²) in [4.78, 5) is 0. The molecule has 0 saturated heterocycles. The summed E-state index contributed by atoms with van der Waals surface area (Å²) < 4.78 is 12.0. The van der Waals surface area contributed by atoms with Gasteiger partial charge in [-0.05, 0) is 72.9 Å². The molecule has 3 nitrogen and oxygen atoms in total. The molecule has 0 saturated carbocycles. The second-order valence-electron chi connectivity index (χ2n) is 9.54. The molecule has 0 fully saturated rings. The van der Waals surface area contributed by atoms with E-state index >= 15 is 0 Å². The lowest BCUT2D eigenvalue weighted by Gasteiger charge is -2.32.